The van der Waals surface area contributed by atoms with Crippen molar-refractivity contribution in [3.05, 3.63) is 18.2 Å². The quantitative estimate of drug-likeness (QED) is 0.574. The number of rotatable bonds is 9. The second-order valence-electron chi connectivity index (χ2n) is 8.49. The minimum Gasteiger partial charge on any atom is -0.478 e. The Morgan fingerprint density at radius 1 is 1.27 bits per heavy atom. The van der Waals surface area contributed by atoms with E-state index < -0.39 is 17.6 Å². The number of amides is 1. The molecular formula is C21H29F3N6O3. The summed E-state index contributed by atoms with van der Waals surface area (Å²) in [7, 11) is 1.49. The largest absolute Gasteiger partial charge is 0.478 e. The normalized spacial score (nSPS) is 18.8. The molecule has 182 valence electrons. The summed E-state index contributed by atoms with van der Waals surface area (Å²) in [4.78, 5) is 19.5. The van der Waals surface area contributed by atoms with Gasteiger partial charge in [-0.15, -0.1) is 5.10 Å². The molecule has 1 saturated carbocycles. The highest BCUT2D eigenvalue weighted by Crippen LogP contribution is 2.29. The van der Waals surface area contributed by atoms with Gasteiger partial charge < -0.3 is 20.1 Å². The second kappa shape index (κ2) is 10.3. The van der Waals surface area contributed by atoms with E-state index in [1.165, 1.54) is 7.11 Å². The fourth-order valence-corrected chi connectivity index (χ4v) is 3.49. The predicted molar refractivity (Wildman–Crippen MR) is 114 cm³/mol. The number of methoxy groups -OCH3 is 1. The second-order valence-corrected chi connectivity index (χ2v) is 8.49. The maximum absolute atomic E-state index is 14.2. The fourth-order valence-electron chi connectivity index (χ4n) is 3.49. The summed E-state index contributed by atoms with van der Waals surface area (Å²) in [6.07, 6.45) is 5.17. The van der Waals surface area contributed by atoms with E-state index in [0.717, 1.165) is 6.20 Å². The number of carbonyl (C=O) groups is 1. The first-order chi connectivity index (χ1) is 15.6. The third-order valence-electron chi connectivity index (χ3n) is 5.42. The zero-order valence-corrected chi connectivity index (χ0v) is 19.1. The van der Waals surface area contributed by atoms with Crippen LogP contribution >= 0.6 is 0 Å². The lowest BCUT2D eigenvalue weighted by Gasteiger charge is -2.29. The van der Waals surface area contributed by atoms with Crippen LogP contribution in [-0.2, 0) is 4.79 Å². The molecule has 0 unspecified atom stereocenters. The number of hydrogen-bond acceptors (Lipinski definition) is 7. The first-order valence-corrected chi connectivity index (χ1v) is 10.8. The maximum Gasteiger partial charge on any atom is 0.321 e. The SMILES string of the molecule is COc1nn(C(C)C)cc1Nc1ncc(F)c(OCC2CCC(NC(=O)C(C)(F)F)CC2)n1. The Balaban J connectivity index is 1.56. The molecule has 0 atom stereocenters. The van der Waals surface area contributed by atoms with Gasteiger partial charge in [-0.1, -0.05) is 0 Å². The highest BCUT2D eigenvalue weighted by Gasteiger charge is 2.34. The summed E-state index contributed by atoms with van der Waals surface area (Å²) in [6, 6.07) is -0.183. The molecule has 33 heavy (non-hydrogen) atoms. The first-order valence-electron chi connectivity index (χ1n) is 10.8. The molecule has 9 nitrogen and oxygen atoms in total. The van der Waals surface area contributed by atoms with Gasteiger partial charge in [0.15, 0.2) is 0 Å². The molecule has 0 aromatic carbocycles. The van der Waals surface area contributed by atoms with Crippen molar-refractivity contribution < 1.29 is 27.4 Å². The van der Waals surface area contributed by atoms with E-state index in [-0.39, 0.29) is 36.4 Å². The molecule has 2 aromatic rings. The van der Waals surface area contributed by atoms with Gasteiger partial charge in [-0.3, -0.25) is 9.48 Å². The lowest BCUT2D eigenvalue weighted by molar-refractivity contribution is -0.144. The summed E-state index contributed by atoms with van der Waals surface area (Å²) < 4.78 is 52.9. The van der Waals surface area contributed by atoms with Crippen LogP contribution in [0.3, 0.4) is 0 Å². The summed E-state index contributed by atoms with van der Waals surface area (Å²) in [5.41, 5.74) is 0.529. The minimum atomic E-state index is -3.40. The van der Waals surface area contributed by atoms with E-state index in [1.807, 2.05) is 13.8 Å². The molecule has 0 bridgehead atoms. The van der Waals surface area contributed by atoms with Crippen LogP contribution in [0.25, 0.3) is 0 Å². The third kappa shape index (κ3) is 6.48. The van der Waals surface area contributed by atoms with Gasteiger partial charge in [0.2, 0.25) is 11.8 Å². The lowest BCUT2D eigenvalue weighted by Crippen LogP contribution is -2.45. The average molecular weight is 470 g/mol. The lowest BCUT2D eigenvalue weighted by atomic mass is 9.86. The molecule has 2 aromatic heterocycles. The molecule has 1 amide bonds. The van der Waals surface area contributed by atoms with Crippen LogP contribution in [0.4, 0.5) is 24.8 Å². The van der Waals surface area contributed by atoms with Crippen molar-refractivity contribution in [1.29, 1.82) is 0 Å². The van der Waals surface area contributed by atoms with Gasteiger partial charge in [0.05, 0.1) is 26.1 Å². The number of hydrogen-bond donors (Lipinski definition) is 2. The predicted octanol–water partition coefficient (Wildman–Crippen LogP) is 3.85. The summed E-state index contributed by atoms with van der Waals surface area (Å²) in [5.74, 6) is -4.98. The molecule has 1 fully saturated rings. The number of carbonyl (C=O) groups excluding carboxylic acids is 1. The smallest absolute Gasteiger partial charge is 0.321 e. The van der Waals surface area contributed by atoms with Crippen molar-refractivity contribution in [3.63, 3.8) is 0 Å². The number of aromatic nitrogens is 4. The molecule has 0 radical (unpaired) electrons. The number of nitrogens with zero attached hydrogens (tertiary/aromatic N) is 4. The van der Waals surface area contributed by atoms with Gasteiger partial charge in [0, 0.05) is 19.0 Å². The van der Waals surface area contributed by atoms with Crippen molar-refractivity contribution in [3.8, 4) is 11.8 Å². The molecule has 0 spiro atoms. The van der Waals surface area contributed by atoms with E-state index >= 15 is 0 Å². The highest BCUT2D eigenvalue weighted by atomic mass is 19.3. The van der Waals surface area contributed by atoms with Crippen LogP contribution < -0.4 is 20.1 Å². The van der Waals surface area contributed by atoms with Crippen molar-refractivity contribution >= 4 is 17.5 Å². The molecule has 2 N–H and O–H groups in total. The van der Waals surface area contributed by atoms with Crippen molar-refractivity contribution in [2.75, 3.05) is 19.0 Å². The molecular weight excluding hydrogens is 441 g/mol. The molecule has 3 rings (SSSR count). The fraction of sp³-hybridized carbons (Fsp3) is 0.619. The summed E-state index contributed by atoms with van der Waals surface area (Å²) in [5, 5.41) is 9.64. The van der Waals surface area contributed by atoms with E-state index in [1.54, 1.807) is 10.9 Å². The summed E-state index contributed by atoms with van der Waals surface area (Å²) in [6.45, 7) is 4.73. The number of halogens is 3. The van der Waals surface area contributed by atoms with Crippen LogP contribution in [-0.4, -0.2) is 51.3 Å². The van der Waals surface area contributed by atoms with Crippen LogP contribution in [0.1, 0.15) is 52.5 Å². The topological polar surface area (TPSA) is 103 Å². The number of nitrogens with one attached hydrogen (secondary N) is 2. The Morgan fingerprint density at radius 3 is 2.58 bits per heavy atom. The molecule has 1 aliphatic rings. The van der Waals surface area contributed by atoms with Gasteiger partial charge in [0.25, 0.3) is 17.7 Å². The van der Waals surface area contributed by atoms with Gasteiger partial charge in [-0.05, 0) is 45.4 Å². The Kier molecular flexibility index (Phi) is 7.65. The van der Waals surface area contributed by atoms with Crippen LogP contribution in [0.2, 0.25) is 0 Å². The van der Waals surface area contributed by atoms with Crippen molar-refractivity contribution in [1.82, 2.24) is 25.1 Å². The Bertz CT molecular complexity index is 955. The third-order valence-corrected chi connectivity index (χ3v) is 5.42. The van der Waals surface area contributed by atoms with E-state index in [4.69, 9.17) is 9.47 Å². The molecule has 0 aliphatic heterocycles. The van der Waals surface area contributed by atoms with Crippen LogP contribution in [0, 0.1) is 11.7 Å². The Labute approximate surface area is 190 Å². The van der Waals surface area contributed by atoms with E-state index in [9.17, 15) is 18.0 Å². The van der Waals surface area contributed by atoms with E-state index in [0.29, 0.717) is 44.2 Å². The van der Waals surface area contributed by atoms with Gasteiger partial charge in [-0.25, -0.2) is 4.98 Å². The highest BCUT2D eigenvalue weighted by molar-refractivity contribution is 5.83. The summed E-state index contributed by atoms with van der Waals surface area (Å²) >= 11 is 0. The van der Waals surface area contributed by atoms with Gasteiger partial charge >= 0.3 is 5.92 Å². The molecule has 2 heterocycles. The first kappa shape index (κ1) is 24.6. The number of anilines is 2. The average Bonchev–Trinajstić information content (AvgIpc) is 3.17. The Hall–Kier alpha value is -3.05. The molecule has 1 aliphatic carbocycles. The number of alkyl halides is 2. The van der Waals surface area contributed by atoms with Crippen LogP contribution in [0.5, 0.6) is 11.8 Å². The van der Waals surface area contributed by atoms with Crippen molar-refractivity contribution in [2.24, 2.45) is 5.92 Å². The monoisotopic (exact) mass is 470 g/mol. The number of ether oxygens (including phenoxy) is 2. The van der Waals surface area contributed by atoms with Gasteiger partial charge in [-0.2, -0.15) is 18.2 Å². The van der Waals surface area contributed by atoms with Gasteiger partial charge in [0.1, 0.15) is 5.69 Å². The zero-order valence-electron chi connectivity index (χ0n) is 19.1. The van der Waals surface area contributed by atoms with E-state index in [2.05, 4.69) is 25.7 Å². The zero-order chi connectivity index (χ0) is 24.2. The van der Waals surface area contributed by atoms with Crippen molar-refractivity contribution in [2.45, 2.75) is 64.5 Å². The van der Waals surface area contributed by atoms with Crippen LogP contribution in [0.15, 0.2) is 12.4 Å². The molecule has 0 saturated heterocycles. The minimum absolute atomic E-state index is 0.0930. The molecule has 12 heteroatoms. The maximum atomic E-state index is 14.2. The standard InChI is InChI=1S/C21H29F3N6O3/c1-12(2)30-10-16(18(29-30)32-4)27-20-25-9-15(22)17(28-20)33-11-13-5-7-14(8-6-13)26-19(31)21(3,23)24/h9-10,12-14H,5-8,11H2,1-4H3,(H,26,31)(H,25,27,28). The Morgan fingerprint density at radius 2 is 1.97 bits per heavy atom.